The summed E-state index contributed by atoms with van der Waals surface area (Å²) in [6.45, 7) is 0.986. The van der Waals surface area contributed by atoms with Gasteiger partial charge in [0.15, 0.2) is 0 Å². The number of carbonyl (C=O) groups excluding carboxylic acids is 2. The first-order valence-electron chi connectivity index (χ1n) is 4.73. The van der Waals surface area contributed by atoms with Crippen LogP contribution < -0.4 is 5.32 Å². The summed E-state index contributed by atoms with van der Waals surface area (Å²) >= 11 is 0. The van der Waals surface area contributed by atoms with E-state index >= 15 is 0 Å². The van der Waals surface area contributed by atoms with Crippen molar-refractivity contribution in [1.29, 1.82) is 0 Å². The molecule has 1 fully saturated rings. The van der Waals surface area contributed by atoms with E-state index in [-0.39, 0.29) is 31.4 Å². The highest BCUT2D eigenvalue weighted by Gasteiger charge is 2.39. The van der Waals surface area contributed by atoms with Gasteiger partial charge in [0.05, 0.1) is 31.2 Å². The Bertz CT molecular complexity index is 275. The Morgan fingerprint density at radius 2 is 2.00 bits per heavy atom. The van der Waals surface area contributed by atoms with Crippen molar-refractivity contribution in [2.75, 3.05) is 20.3 Å². The van der Waals surface area contributed by atoms with E-state index in [4.69, 9.17) is 10.2 Å². The van der Waals surface area contributed by atoms with Crippen molar-refractivity contribution in [2.45, 2.75) is 24.9 Å². The van der Waals surface area contributed by atoms with E-state index in [1.54, 1.807) is 6.92 Å². The fourth-order valence-electron chi connectivity index (χ4n) is 1.43. The lowest BCUT2D eigenvalue weighted by Crippen LogP contribution is -2.55. The number of aliphatic hydroxyl groups excluding tert-OH is 2. The van der Waals surface area contributed by atoms with E-state index in [0.29, 0.717) is 0 Å². The van der Waals surface area contributed by atoms with Crippen molar-refractivity contribution >= 4 is 11.8 Å². The third-order valence-corrected chi connectivity index (χ3v) is 2.60. The summed E-state index contributed by atoms with van der Waals surface area (Å²) in [7, 11) is 1.42. The average molecular weight is 216 g/mol. The zero-order valence-electron chi connectivity index (χ0n) is 8.86. The number of nitrogens with one attached hydrogen (secondary N) is 1. The van der Waals surface area contributed by atoms with Crippen LogP contribution in [0.25, 0.3) is 0 Å². The van der Waals surface area contributed by atoms with Crippen molar-refractivity contribution < 1.29 is 19.8 Å². The minimum Gasteiger partial charge on any atom is -0.394 e. The van der Waals surface area contributed by atoms with Gasteiger partial charge in [-0.05, 0) is 6.92 Å². The van der Waals surface area contributed by atoms with Crippen LogP contribution in [-0.2, 0) is 9.59 Å². The molecule has 1 atom stereocenters. The van der Waals surface area contributed by atoms with Gasteiger partial charge < -0.3 is 10.2 Å². The van der Waals surface area contributed by atoms with E-state index < -0.39 is 11.6 Å². The van der Waals surface area contributed by atoms with E-state index in [9.17, 15) is 9.59 Å². The molecule has 0 spiro atoms. The van der Waals surface area contributed by atoms with E-state index in [1.807, 2.05) is 0 Å². The second-order valence-corrected chi connectivity index (χ2v) is 4.07. The number of nitrogens with zero attached hydrogens (tertiary/aromatic N) is 1. The Kier molecular flexibility index (Phi) is 3.43. The molecular formula is C9H16N2O4. The molecule has 0 aromatic heterocycles. The molecule has 2 amide bonds. The smallest absolute Gasteiger partial charge is 0.246 e. The summed E-state index contributed by atoms with van der Waals surface area (Å²) in [6, 6.07) is -0.646. The Morgan fingerprint density at radius 1 is 1.47 bits per heavy atom. The monoisotopic (exact) mass is 216 g/mol. The normalized spacial score (nSPS) is 22.7. The standard InChI is InChI=1S/C9H16N2O4/c1-9(4-12,5-13)10-6-3-7(14)11(2)8(6)15/h6,10,12-13H,3-5H2,1-2H3. The lowest BCUT2D eigenvalue weighted by Gasteiger charge is -2.28. The zero-order valence-corrected chi connectivity index (χ0v) is 8.86. The molecule has 1 aliphatic rings. The van der Waals surface area contributed by atoms with Gasteiger partial charge in [0.25, 0.3) is 0 Å². The number of likely N-dealkylation sites (tertiary alicyclic amines) is 1. The highest BCUT2D eigenvalue weighted by Crippen LogP contribution is 2.14. The van der Waals surface area contributed by atoms with Gasteiger partial charge in [0.2, 0.25) is 11.8 Å². The number of rotatable bonds is 4. The average Bonchev–Trinajstić information content (AvgIpc) is 2.46. The first kappa shape index (κ1) is 12.1. The van der Waals surface area contributed by atoms with Crippen molar-refractivity contribution in [2.24, 2.45) is 0 Å². The van der Waals surface area contributed by atoms with E-state index in [0.717, 1.165) is 4.90 Å². The van der Waals surface area contributed by atoms with E-state index in [1.165, 1.54) is 7.05 Å². The highest BCUT2D eigenvalue weighted by atomic mass is 16.3. The lowest BCUT2D eigenvalue weighted by atomic mass is 10.0. The Balaban J connectivity index is 2.68. The minimum atomic E-state index is -0.939. The van der Waals surface area contributed by atoms with E-state index in [2.05, 4.69) is 5.32 Å². The topological polar surface area (TPSA) is 89.9 Å². The van der Waals surface area contributed by atoms with Crippen LogP contribution in [0.3, 0.4) is 0 Å². The number of hydrogen-bond donors (Lipinski definition) is 3. The summed E-state index contributed by atoms with van der Waals surface area (Å²) in [4.78, 5) is 23.8. The molecule has 3 N–H and O–H groups in total. The van der Waals surface area contributed by atoms with Crippen LogP contribution in [-0.4, -0.2) is 58.8 Å². The molecule has 6 nitrogen and oxygen atoms in total. The van der Waals surface area contributed by atoms with Gasteiger partial charge in [-0.25, -0.2) is 0 Å². The van der Waals surface area contributed by atoms with Gasteiger partial charge in [-0.1, -0.05) is 0 Å². The minimum absolute atomic E-state index is 0.0743. The summed E-state index contributed by atoms with van der Waals surface area (Å²) in [5.41, 5.74) is -0.939. The molecule has 1 unspecified atom stereocenters. The lowest BCUT2D eigenvalue weighted by molar-refractivity contribution is -0.137. The molecule has 15 heavy (non-hydrogen) atoms. The Morgan fingerprint density at radius 3 is 2.33 bits per heavy atom. The fourth-order valence-corrected chi connectivity index (χ4v) is 1.43. The molecule has 1 saturated heterocycles. The predicted octanol–water partition coefficient (Wildman–Crippen LogP) is -1.92. The Labute approximate surface area is 87.9 Å². The molecule has 0 bridgehead atoms. The summed E-state index contributed by atoms with van der Waals surface area (Å²) in [5, 5.41) is 20.9. The summed E-state index contributed by atoms with van der Waals surface area (Å²) in [6.07, 6.45) is 0.0743. The van der Waals surface area contributed by atoms with Crippen LogP contribution in [0, 0.1) is 0 Å². The molecule has 0 aromatic carbocycles. The van der Waals surface area contributed by atoms with Crippen molar-refractivity contribution in [3.8, 4) is 0 Å². The largest absolute Gasteiger partial charge is 0.394 e. The molecule has 1 heterocycles. The molecule has 0 aliphatic carbocycles. The van der Waals surface area contributed by atoms with Gasteiger partial charge in [-0.3, -0.25) is 19.8 Å². The Hall–Kier alpha value is -0.980. The summed E-state index contributed by atoms with van der Waals surface area (Å²) < 4.78 is 0. The second-order valence-electron chi connectivity index (χ2n) is 4.07. The molecule has 6 heteroatoms. The maximum Gasteiger partial charge on any atom is 0.246 e. The third-order valence-electron chi connectivity index (χ3n) is 2.60. The van der Waals surface area contributed by atoms with Crippen molar-refractivity contribution in [3.05, 3.63) is 0 Å². The zero-order chi connectivity index (χ0) is 11.6. The predicted molar refractivity (Wildman–Crippen MR) is 51.9 cm³/mol. The number of hydrogen-bond acceptors (Lipinski definition) is 5. The van der Waals surface area contributed by atoms with Gasteiger partial charge in [0, 0.05) is 7.05 Å². The van der Waals surface area contributed by atoms with Crippen LogP contribution in [0.5, 0.6) is 0 Å². The summed E-state index contributed by atoms with van der Waals surface area (Å²) in [5.74, 6) is -0.580. The van der Waals surface area contributed by atoms with Crippen LogP contribution in [0.15, 0.2) is 0 Å². The van der Waals surface area contributed by atoms with Gasteiger partial charge in [-0.15, -0.1) is 0 Å². The molecule has 0 radical (unpaired) electrons. The third kappa shape index (κ3) is 2.34. The van der Waals surface area contributed by atoms with Crippen LogP contribution in [0.1, 0.15) is 13.3 Å². The first-order chi connectivity index (χ1) is 6.93. The van der Waals surface area contributed by atoms with Crippen LogP contribution in [0.4, 0.5) is 0 Å². The number of likely N-dealkylation sites (N-methyl/N-ethyl adjacent to an activating group) is 1. The molecule has 0 aromatic rings. The van der Waals surface area contributed by atoms with Crippen molar-refractivity contribution in [3.63, 3.8) is 0 Å². The quantitative estimate of drug-likeness (QED) is 0.476. The van der Waals surface area contributed by atoms with Gasteiger partial charge >= 0.3 is 0 Å². The van der Waals surface area contributed by atoms with Crippen molar-refractivity contribution in [1.82, 2.24) is 10.2 Å². The SMILES string of the molecule is CN1C(=O)CC(NC(C)(CO)CO)C1=O. The maximum absolute atomic E-state index is 11.5. The number of imide groups is 1. The van der Waals surface area contributed by atoms with Gasteiger partial charge in [0.1, 0.15) is 0 Å². The molecule has 1 aliphatic heterocycles. The van der Waals surface area contributed by atoms with Gasteiger partial charge in [-0.2, -0.15) is 0 Å². The first-order valence-corrected chi connectivity index (χ1v) is 4.73. The van der Waals surface area contributed by atoms with Crippen LogP contribution >= 0.6 is 0 Å². The maximum atomic E-state index is 11.5. The molecule has 86 valence electrons. The molecular weight excluding hydrogens is 200 g/mol. The number of aliphatic hydroxyl groups is 2. The fraction of sp³-hybridized carbons (Fsp3) is 0.778. The molecule has 0 saturated carbocycles. The number of amides is 2. The highest BCUT2D eigenvalue weighted by molar-refractivity contribution is 6.05. The van der Waals surface area contributed by atoms with Crippen LogP contribution in [0.2, 0.25) is 0 Å². The molecule has 1 rings (SSSR count). The number of carbonyl (C=O) groups is 2. The second kappa shape index (κ2) is 4.26.